The van der Waals surface area contributed by atoms with Gasteiger partial charge in [0, 0.05) is 11.6 Å². The quantitative estimate of drug-likeness (QED) is 0.289. The van der Waals surface area contributed by atoms with Gasteiger partial charge >= 0.3 is 5.97 Å². The van der Waals surface area contributed by atoms with Crippen LogP contribution in [0.5, 0.6) is 11.5 Å². The third kappa shape index (κ3) is 4.47. The van der Waals surface area contributed by atoms with E-state index in [1.807, 2.05) is 30.3 Å². The number of benzene rings is 2. The fourth-order valence-corrected chi connectivity index (χ4v) is 5.26. The second-order valence-corrected chi connectivity index (χ2v) is 8.64. The largest absolute Gasteiger partial charge is 0.497 e. The molecule has 1 fully saturated rings. The maximum Gasteiger partial charge on any atom is 0.360 e. The van der Waals surface area contributed by atoms with Crippen molar-refractivity contribution in [1.82, 2.24) is 10.2 Å². The van der Waals surface area contributed by atoms with Crippen LogP contribution in [0.1, 0.15) is 5.56 Å². The lowest BCUT2D eigenvalue weighted by atomic mass is 10.0. The highest BCUT2D eigenvalue weighted by atomic mass is 35.5. The van der Waals surface area contributed by atoms with Crippen LogP contribution in [0.4, 0.5) is 0 Å². The molecule has 2 aromatic rings. The summed E-state index contributed by atoms with van der Waals surface area (Å²) in [6, 6.07) is 15.2. The van der Waals surface area contributed by atoms with Gasteiger partial charge in [-0.3, -0.25) is 14.5 Å². The maximum absolute atomic E-state index is 12.9. The number of esters is 1. The normalized spacial score (nSPS) is 19.7. The van der Waals surface area contributed by atoms with E-state index < -0.39 is 12.0 Å². The van der Waals surface area contributed by atoms with Gasteiger partial charge in [-0.25, -0.2) is 4.79 Å². The Bertz CT molecular complexity index is 1060. The van der Waals surface area contributed by atoms with Crippen LogP contribution in [-0.4, -0.2) is 52.8 Å². The number of nitrogens with zero attached hydrogens (tertiary/aromatic N) is 1. The summed E-state index contributed by atoms with van der Waals surface area (Å²) in [6.07, 6.45) is 0.178. The van der Waals surface area contributed by atoms with Crippen LogP contribution in [0.25, 0.3) is 0 Å². The van der Waals surface area contributed by atoms with Gasteiger partial charge in [0.05, 0.1) is 13.5 Å². The molecule has 2 aliphatic rings. The molecule has 4 rings (SSSR count). The van der Waals surface area contributed by atoms with Crippen molar-refractivity contribution in [1.29, 1.82) is 0 Å². The number of nitrogens with one attached hydrogen (secondary N) is 1. The van der Waals surface area contributed by atoms with E-state index in [1.165, 1.54) is 16.7 Å². The summed E-state index contributed by atoms with van der Waals surface area (Å²) in [6.45, 7) is 0. The van der Waals surface area contributed by atoms with Crippen molar-refractivity contribution in [2.75, 3.05) is 18.7 Å². The zero-order valence-corrected chi connectivity index (χ0v) is 18.8. The molecule has 1 unspecified atom stereocenters. The number of β-lactam (4-membered cyclic amide) rings is 1. The molecule has 0 saturated carbocycles. The number of hydrogen-bond donors (Lipinski definition) is 1. The predicted molar refractivity (Wildman–Crippen MR) is 122 cm³/mol. The molecule has 2 aromatic carbocycles. The standard InChI is InChI=1S/C23H21ClN2O5S/c1-30-16-7-9-17(10-8-16)31-23(29)20-15(12-24)13-32-22-19(21(28)26(20)22)25-18(27)11-14-5-3-2-4-6-14/h2-10,19,22H,11-13H2,1H3,(H,25,27)/t19?,22-/m1/s1. The maximum atomic E-state index is 12.9. The first-order chi connectivity index (χ1) is 15.5. The summed E-state index contributed by atoms with van der Waals surface area (Å²) in [5, 5.41) is 2.41. The lowest BCUT2D eigenvalue weighted by molar-refractivity contribution is -0.150. The monoisotopic (exact) mass is 472 g/mol. The first kappa shape index (κ1) is 22.2. The minimum absolute atomic E-state index is 0.0988. The highest BCUT2D eigenvalue weighted by molar-refractivity contribution is 8.00. The summed E-state index contributed by atoms with van der Waals surface area (Å²) in [4.78, 5) is 39.6. The van der Waals surface area contributed by atoms with E-state index >= 15 is 0 Å². The van der Waals surface area contributed by atoms with Crippen molar-refractivity contribution in [3.8, 4) is 11.5 Å². The first-order valence-electron chi connectivity index (χ1n) is 9.94. The number of rotatable bonds is 7. The minimum atomic E-state index is -0.697. The van der Waals surface area contributed by atoms with E-state index in [0.29, 0.717) is 22.8 Å². The predicted octanol–water partition coefficient (Wildman–Crippen LogP) is 2.74. The number of ether oxygens (including phenoxy) is 2. The van der Waals surface area contributed by atoms with Crippen molar-refractivity contribution in [2.45, 2.75) is 17.8 Å². The molecule has 2 amide bonds. The van der Waals surface area contributed by atoms with Gasteiger partial charge in [-0.1, -0.05) is 30.3 Å². The fraction of sp³-hybridized carbons (Fsp3) is 0.261. The van der Waals surface area contributed by atoms with Crippen molar-refractivity contribution >= 4 is 41.1 Å². The molecular formula is C23H21ClN2O5S. The van der Waals surface area contributed by atoms with Gasteiger partial charge in [0.1, 0.15) is 28.6 Å². The second-order valence-electron chi connectivity index (χ2n) is 7.27. The molecule has 7 nitrogen and oxygen atoms in total. The van der Waals surface area contributed by atoms with Crippen molar-refractivity contribution < 1.29 is 23.9 Å². The van der Waals surface area contributed by atoms with Crippen LogP contribution in [0.15, 0.2) is 65.9 Å². The zero-order valence-electron chi connectivity index (χ0n) is 17.2. The van der Waals surface area contributed by atoms with Crippen molar-refractivity contribution in [3.63, 3.8) is 0 Å². The van der Waals surface area contributed by atoms with Gasteiger partial charge in [0.2, 0.25) is 5.91 Å². The van der Waals surface area contributed by atoms with Crippen LogP contribution in [0.3, 0.4) is 0 Å². The smallest absolute Gasteiger partial charge is 0.360 e. The molecule has 32 heavy (non-hydrogen) atoms. The lowest BCUT2D eigenvalue weighted by Gasteiger charge is -2.49. The number of hydrogen-bond acceptors (Lipinski definition) is 6. The number of halogens is 1. The molecule has 0 radical (unpaired) electrons. The van der Waals surface area contributed by atoms with E-state index in [9.17, 15) is 14.4 Å². The number of fused-ring (bicyclic) bond motifs is 1. The molecule has 166 valence electrons. The third-order valence-electron chi connectivity index (χ3n) is 5.20. The molecule has 9 heteroatoms. The zero-order chi connectivity index (χ0) is 22.7. The molecule has 2 aliphatic heterocycles. The van der Waals surface area contributed by atoms with E-state index in [-0.39, 0.29) is 35.2 Å². The summed E-state index contributed by atoms with van der Waals surface area (Å²) in [5.41, 5.74) is 1.63. The Hall–Kier alpha value is -2.97. The summed E-state index contributed by atoms with van der Waals surface area (Å²) in [7, 11) is 1.54. The van der Waals surface area contributed by atoms with E-state index in [1.54, 1.807) is 31.4 Å². The Morgan fingerprint density at radius 2 is 1.81 bits per heavy atom. The molecule has 2 atom stereocenters. The van der Waals surface area contributed by atoms with Gasteiger partial charge in [-0.2, -0.15) is 0 Å². The van der Waals surface area contributed by atoms with Crippen molar-refractivity contribution in [2.24, 2.45) is 0 Å². The second kappa shape index (κ2) is 9.67. The summed E-state index contributed by atoms with van der Waals surface area (Å²) < 4.78 is 10.6. The number of alkyl halides is 1. The number of carbonyl (C=O) groups is 3. The van der Waals surface area contributed by atoms with Crippen LogP contribution < -0.4 is 14.8 Å². The fourth-order valence-electron chi connectivity index (χ4n) is 3.58. The van der Waals surface area contributed by atoms with Crippen molar-refractivity contribution in [3.05, 3.63) is 71.4 Å². The van der Waals surface area contributed by atoms with Gasteiger partial charge in [-0.15, -0.1) is 23.4 Å². The Balaban J connectivity index is 1.45. The Kier molecular flexibility index (Phi) is 6.72. The Morgan fingerprint density at radius 3 is 2.47 bits per heavy atom. The average Bonchev–Trinajstić information content (AvgIpc) is 2.82. The number of carbonyl (C=O) groups excluding carboxylic acids is 3. The highest BCUT2D eigenvalue weighted by Crippen LogP contribution is 2.41. The molecule has 0 bridgehead atoms. The van der Waals surface area contributed by atoms with Crippen LogP contribution in [-0.2, 0) is 20.8 Å². The molecular weight excluding hydrogens is 452 g/mol. The number of thioether (sulfide) groups is 1. The van der Waals surface area contributed by atoms with Crippen LogP contribution in [0.2, 0.25) is 0 Å². The molecule has 0 aliphatic carbocycles. The molecule has 1 N–H and O–H groups in total. The van der Waals surface area contributed by atoms with E-state index in [0.717, 1.165) is 5.56 Å². The van der Waals surface area contributed by atoms with Gasteiger partial charge in [0.25, 0.3) is 5.91 Å². The molecule has 0 spiro atoms. The third-order valence-corrected chi connectivity index (χ3v) is 6.86. The molecule has 0 aromatic heterocycles. The summed E-state index contributed by atoms with van der Waals surface area (Å²) >= 11 is 7.52. The Labute approximate surface area is 194 Å². The SMILES string of the molecule is COc1ccc(OC(=O)C2=C(CCl)CS[C@@H]3C(NC(=O)Cc4ccccc4)C(=O)N23)cc1. The number of methoxy groups -OCH3 is 1. The molecule has 1 saturated heterocycles. The van der Waals surface area contributed by atoms with Crippen LogP contribution >= 0.6 is 23.4 Å². The van der Waals surface area contributed by atoms with E-state index in [2.05, 4.69) is 5.32 Å². The number of amides is 2. The topological polar surface area (TPSA) is 84.9 Å². The lowest BCUT2D eigenvalue weighted by Crippen LogP contribution is -2.70. The van der Waals surface area contributed by atoms with Crippen LogP contribution in [0, 0.1) is 0 Å². The first-order valence-corrected chi connectivity index (χ1v) is 11.5. The van der Waals surface area contributed by atoms with Gasteiger partial charge in [0.15, 0.2) is 0 Å². The molecule has 2 heterocycles. The van der Waals surface area contributed by atoms with Gasteiger partial charge < -0.3 is 14.8 Å². The Morgan fingerprint density at radius 1 is 1.12 bits per heavy atom. The van der Waals surface area contributed by atoms with Gasteiger partial charge in [-0.05, 0) is 35.4 Å². The summed E-state index contributed by atoms with van der Waals surface area (Å²) in [5.74, 6) is 0.271. The minimum Gasteiger partial charge on any atom is -0.497 e. The highest BCUT2D eigenvalue weighted by Gasteiger charge is 2.54. The average molecular weight is 473 g/mol. The van der Waals surface area contributed by atoms with E-state index in [4.69, 9.17) is 21.1 Å².